The van der Waals surface area contributed by atoms with Gasteiger partial charge >= 0.3 is 5.97 Å². The number of carbonyl (C=O) groups excluding carboxylic acids is 1. The van der Waals surface area contributed by atoms with Crippen molar-refractivity contribution in [1.29, 1.82) is 0 Å². The number of aryl methyl sites for hydroxylation is 1. The average Bonchev–Trinajstić information content (AvgIpc) is 2.89. The fourth-order valence-electron chi connectivity index (χ4n) is 4.69. The first-order valence-corrected chi connectivity index (χ1v) is 10.1. The molecular weight excluding hydrogens is 334 g/mol. The van der Waals surface area contributed by atoms with Crippen LogP contribution in [0.5, 0.6) is 0 Å². The SMILES string of the molecule is Cc1ccc(CC(C(=O)O[C@@H]2C[C@H]3CC[C@@H](C2)N3C)c2ccccc2)cc1. The maximum Gasteiger partial charge on any atom is 0.314 e. The van der Waals surface area contributed by atoms with Gasteiger partial charge in [0.25, 0.3) is 0 Å². The van der Waals surface area contributed by atoms with E-state index in [2.05, 4.69) is 43.1 Å². The highest BCUT2D eigenvalue weighted by Crippen LogP contribution is 2.36. The number of hydrogen-bond acceptors (Lipinski definition) is 3. The fraction of sp³-hybridized carbons (Fsp3) is 0.458. The average molecular weight is 364 g/mol. The molecule has 4 atom stereocenters. The van der Waals surface area contributed by atoms with Crippen LogP contribution >= 0.6 is 0 Å². The lowest BCUT2D eigenvalue weighted by molar-refractivity contribution is -0.154. The lowest BCUT2D eigenvalue weighted by Gasteiger charge is -2.36. The van der Waals surface area contributed by atoms with Crippen molar-refractivity contribution in [2.45, 2.75) is 63.1 Å². The Morgan fingerprint density at radius 1 is 1.04 bits per heavy atom. The van der Waals surface area contributed by atoms with Crippen LogP contribution in [0.4, 0.5) is 0 Å². The minimum absolute atomic E-state index is 0.0652. The molecule has 4 rings (SSSR count). The Kier molecular flexibility index (Phi) is 5.31. The molecule has 0 saturated carbocycles. The lowest BCUT2D eigenvalue weighted by Crippen LogP contribution is -2.43. The van der Waals surface area contributed by atoms with Crippen LogP contribution in [0.1, 0.15) is 48.3 Å². The highest BCUT2D eigenvalue weighted by atomic mass is 16.5. The van der Waals surface area contributed by atoms with Gasteiger partial charge in [0.1, 0.15) is 6.10 Å². The number of piperidine rings is 1. The van der Waals surface area contributed by atoms with E-state index >= 15 is 0 Å². The van der Waals surface area contributed by atoms with Gasteiger partial charge in [-0.1, -0.05) is 60.2 Å². The van der Waals surface area contributed by atoms with Crippen molar-refractivity contribution in [1.82, 2.24) is 4.90 Å². The van der Waals surface area contributed by atoms with E-state index in [-0.39, 0.29) is 18.0 Å². The minimum Gasteiger partial charge on any atom is -0.462 e. The summed E-state index contributed by atoms with van der Waals surface area (Å²) in [6.07, 6.45) is 5.18. The quantitative estimate of drug-likeness (QED) is 0.733. The monoisotopic (exact) mass is 363 g/mol. The molecule has 2 fully saturated rings. The molecule has 0 radical (unpaired) electrons. The molecule has 0 aliphatic carbocycles. The molecule has 2 bridgehead atoms. The van der Waals surface area contributed by atoms with Crippen LogP contribution in [0.25, 0.3) is 0 Å². The number of carbonyl (C=O) groups is 1. The van der Waals surface area contributed by atoms with Crippen molar-refractivity contribution < 1.29 is 9.53 Å². The summed E-state index contributed by atoms with van der Waals surface area (Å²) in [5, 5.41) is 0. The normalized spacial score (nSPS) is 25.9. The highest BCUT2D eigenvalue weighted by Gasteiger charge is 2.40. The van der Waals surface area contributed by atoms with Crippen LogP contribution < -0.4 is 0 Å². The van der Waals surface area contributed by atoms with E-state index in [1.807, 2.05) is 30.3 Å². The third-order valence-electron chi connectivity index (χ3n) is 6.38. The van der Waals surface area contributed by atoms with Crippen molar-refractivity contribution in [2.24, 2.45) is 0 Å². The molecule has 2 aromatic rings. The molecule has 2 aliphatic heterocycles. The minimum atomic E-state index is -0.244. The van der Waals surface area contributed by atoms with Crippen LogP contribution in [0.3, 0.4) is 0 Å². The maximum atomic E-state index is 13.2. The smallest absolute Gasteiger partial charge is 0.314 e. The van der Waals surface area contributed by atoms with E-state index in [1.54, 1.807) is 0 Å². The number of benzene rings is 2. The van der Waals surface area contributed by atoms with E-state index in [4.69, 9.17) is 4.74 Å². The molecule has 0 spiro atoms. The van der Waals surface area contributed by atoms with Gasteiger partial charge in [-0.25, -0.2) is 0 Å². The van der Waals surface area contributed by atoms with Crippen LogP contribution in [-0.2, 0) is 16.0 Å². The molecule has 27 heavy (non-hydrogen) atoms. The van der Waals surface area contributed by atoms with Crippen molar-refractivity contribution >= 4 is 5.97 Å². The summed E-state index contributed by atoms with van der Waals surface area (Å²) in [5.74, 6) is -0.318. The summed E-state index contributed by atoms with van der Waals surface area (Å²) in [6, 6.07) is 19.7. The number of esters is 1. The third-order valence-corrected chi connectivity index (χ3v) is 6.38. The predicted molar refractivity (Wildman–Crippen MR) is 108 cm³/mol. The second kappa shape index (κ2) is 7.85. The van der Waals surface area contributed by atoms with Gasteiger partial charge in [0.2, 0.25) is 0 Å². The van der Waals surface area contributed by atoms with E-state index in [9.17, 15) is 4.79 Å². The van der Waals surface area contributed by atoms with E-state index in [0.717, 1.165) is 18.4 Å². The Labute approximate surface area is 162 Å². The van der Waals surface area contributed by atoms with Gasteiger partial charge in [-0.05, 0) is 57.2 Å². The summed E-state index contributed by atoms with van der Waals surface area (Å²) in [7, 11) is 2.21. The maximum absolute atomic E-state index is 13.2. The Hall–Kier alpha value is -2.13. The van der Waals surface area contributed by atoms with Crippen LogP contribution in [0.2, 0.25) is 0 Å². The second-order valence-electron chi connectivity index (χ2n) is 8.23. The Morgan fingerprint density at radius 2 is 1.67 bits per heavy atom. The van der Waals surface area contributed by atoms with Crippen molar-refractivity contribution in [2.75, 3.05) is 7.05 Å². The summed E-state index contributed by atoms with van der Waals surface area (Å²) in [4.78, 5) is 15.6. The van der Waals surface area contributed by atoms with E-state index in [1.165, 1.54) is 24.0 Å². The van der Waals surface area contributed by atoms with E-state index in [0.29, 0.717) is 18.5 Å². The largest absolute Gasteiger partial charge is 0.462 e. The molecule has 142 valence electrons. The standard InChI is InChI=1S/C24H29NO2/c1-17-8-10-18(11-9-17)14-23(19-6-4-3-5-7-19)24(26)27-22-15-20-12-13-21(16-22)25(20)2/h3-11,20-23H,12-16H2,1-2H3/t20-,21+,22-,23?. The predicted octanol–water partition coefficient (Wildman–Crippen LogP) is 4.49. The molecular formula is C24H29NO2. The molecule has 3 nitrogen and oxygen atoms in total. The first-order valence-electron chi connectivity index (χ1n) is 10.1. The van der Waals surface area contributed by atoms with Crippen molar-refractivity contribution in [3.8, 4) is 0 Å². The third kappa shape index (κ3) is 4.08. The molecule has 0 aromatic heterocycles. The molecule has 3 heteroatoms. The zero-order valence-corrected chi connectivity index (χ0v) is 16.3. The van der Waals surface area contributed by atoms with Gasteiger partial charge in [0.05, 0.1) is 5.92 Å². The number of fused-ring (bicyclic) bond motifs is 2. The highest BCUT2D eigenvalue weighted by molar-refractivity contribution is 5.78. The summed E-state index contributed by atoms with van der Waals surface area (Å²) < 4.78 is 6.07. The van der Waals surface area contributed by atoms with Crippen LogP contribution in [0.15, 0.2) is 54.6 Å². The Bertz CT molecular complexity index is 757. The van der Waals surface area contributed by atoms with Gasteiger partial charge in [-0.2, -0.15) is 0 Å². The number of ether oxygens (including phenoxy) is 1. The van der Waals surface area contributed by atoms with Crippen LogP contribution in [0, 0.1) is 6.92 Å². The summed E-state index contributed by atoms with van der Waals surface area (Å²) in [6.45, 7) is 2.08. The Balaban J connectivity index is 1.49. The molecule has 2 aromatic carbocycles. The fourth-order valence-corrected chi connectivity index (χ4v) is 4.69. The molecule has 2 saturated heterocycles. The molecule has 2 aliphatic rings. The summed E-state index contributed by atoms with van der Waals surface area (Å²) in [5.41, 5.74) is 3.45. The van der Waals surface area contributed by atoms with Gasteiger partial charge in [-0.15, -0.1) is 0 Å². The van der Waals surface area contributed by atoms with Gasteiger partial charge in [0.15, 0.2) is 0 Å². The van der Waals surface area contributed by atoms with Gasteiger partial charge < -0.3 is 9.64 Å². The lowest BCUT2D eigenvalue weighted by atomic mass is 9.91. The zero-order chi connectivity index (χ0) is 18.8. The van der Waals surface area contributed by atoms with Crippen molar-refractivity contribution in [3.63, 3.8) is 0 Å². The number of rotatable bonds is 5. The number of hydrogen-bond donors (Lipinski definition) is 0. The van der Waals surface area contributed by atoms with Crippen molar-refractivity contribution in [3.05, 3.63) is 71.3 Å². The topological polar surface area (TPSA) is 29.5 Å². The first kappa shape index (κ1) is 18.2. The Morgan fingerprint density at radius 3 is 2.30 bits per heavy atom. The molecule has 2 heterocycles. The second-order valence-corrected chi connectivity index (χ2v) is 8.23. The first-order chi connectivity index (χ1) is 13.1. The van der Waals surface area contributed by atoms with E-state index < -0.39 is 0 Å². The van der Waals surface area contributed by atoms with Gasteiger partial charge in [-0.3, -0.25) is 4.79 Å². The molecule has 1 unspecified atom stereocenters. The summed E-state index contributed by atoms with van der Waals surface area (Å²) >= 11 is 0. The number of nitrogens with zero attached hydrogens (tertiary/aromatic N) is 1. The zero-order valence-electron chi connectivity index (χ0n) is 16.3. The van der Waals surface area contributed by atoms with Crippen LogP contribution in [-0.4, -0.2) is 36.1 Å². The van der Waals surface area contributed by atoms with Gasteiger partial charge in [0, 0.05) is 12.1 Å². The molecule has 0 amide bonds. The molecule has 0 N–H and O–H groups in total.